The molecule has 0 fully saturated rings. The molecule has 11 aromatic carbocycles. The molecule has 14 rings (SSSR count). The molecule has 0 radical (unpaired) electrons. The lowest BCUT2D eigenvalue weighted by molar-refractivity contribution is -0.783. The van der Waals surface area contributed by atoms with Crippen molar-refractivity contribution < 1.29 is 13.7 Å². The van der Waals surface area contributed by atoms with Crippen molar-refractivity contribution in [1.82, 2.24) is 19.7 Å². The average molecular weight is 952 g/mol. The highest BCUT2D eigenvalue weighted by molar-refractivity contribution is 6.25. The van der Waals surface area contributed by atoms with Gasteiger partial charge in [0.1, 0.15) is 0 Å². The fraction of sp³-hybridized carbons (Fsp3) is 0. The van der Waals surface area contributed by atoms with Gasteiger partial charge in [-0.2, -0.15) is 0 Å². The molecule has 0 amide bonds. The number of anilines is 3. The number of para-hydroxylation sites is 4. The van der Waals surface area contributed by atoms with E-state index in [4.69, 9.17) is 13.9 Å². The van der Waals surface area contributed by atoms with E-state index in [2.05, 4.69) is 208 Å². The fourth-order valence-corrected chi connectivity index (χ4v) is 10.7. The van der Waals surface area contributed by atoms with E-state index in [1.807, 2.05) is 66.7 Å². The van der Waals surface area contributed by atoms with Crippen LogP contribution in [0.4, 0.5) is 17.1 Å². The monoisotopic (exact) mass is 951 g/mol. The Morgan fingerprint density at radius 3 is 1.54 bits per heavy atom. The lowest BCUT2D eigenvalue weighted by Gasteiger charge is -2.29. The van der Waals surface area contributed by atoms with Gasteiger partial charge in [0.2, 0.25) is 11.8 Å². The minimum absolute atomic E-state index is 0.452. The van der Waals surface area contributed by atoms with Gasteiger partial charge >= 0.3 is 12.2 Å². The van der Waals surface area contributed by atoms with Gasteiger partial charge < -0.3 is 13.9 Å². The molecule has 348 valence electrons. The van der Waals surface area contributed by atoms with Crippen LogP contribution in [0.1, 0.15) is 0 Å². The quantitative estimate of drug-likeness (QED) is 0.100. The minimum Gasteiger partial charge on any atom is -0.416 e. The summed E-state index contributed by atoms with van der Waals surface area (Å²) in [6.07, 6.45) is 1.73. The summed E-state index contributed by atoms with van der Waals surface area (Å²) in [5, 5.41) is 15.8. The van der Waals surface area contributed by atoms with Gasteiger partial charge in [-0.05, 0) is 151 Å². The fourth-order valence-electron chi connectivity index (χ4n) is 10.7. The summed E-state index contributed by atoms with van der Waals surface area (Å²) < 4.78 is 16.8. The van der Waals surface area contributed by atoms with E-state index in [-0.39, 0.29) is 0 Å². The topological polar surface area (TPSA) is 77.0 Å². The Morgan fingerprint density at radius 1 is 0.378 bits per heavy atom. The molecular formula is C66H43N6O2+. The zero-order valence-corrected chi connectivity index (χ0v) is 39.8. The van der Waals surface area contributed by atoms with Crippen molar-refractivity contribution >= 4 is 60.4 Å². The molecule has 0 aliphatic carbocycles. The van der Waals surface area contributed by atoms with E-state index in [1.165, 1.54) is 21.8 Å². The summed E-state index contributed by atoms with van der Waals surface area (Å²) in [5.74, 6) is 1.44. The molecule has 0 aliphatic rings. The van der Waals surface area contributed by atoms with Crippen LogP contribution in [-0.4, -0.2) is 19.7 Å². The van der Waals surface area contributed by atoms with E-state index in [1.54, 1.807) is 11.1 Å². The molecule has 0 aliphatic heterocycles. The Bertz CT molecular complexity index is 4320. The van der Waals surface area contributed by atoms with Gasteiger partial charge in [0.05, 0.1) is 22.3 Å². The molecule has 3 heterocycles. The molecule has 74 heavy (non-hydrogen) atoms. The summed E-state index contributed by atoms with van der Waals surface area (Å²) in [6.45, 7) is 0. The predicted molar refractivity (Wildman–Crippen MR) is 297 cm³/mol. The van der Waals surface area contributed by atoms with Crippen molar-refractivity contribution in [3.63, 3.8) is 0 Å². The van der Waals surface area contributed by atoms with Crippen LogP contribution in [-0.2, 0) is 0 Å². The van der Waals surface area contributed by atoms with Gasteiger partial charge in [0, 0.05) is 44.3 Å². The number of aromatic nitrogens is 5. The van der Waals surface area contributed by atoms with Gasteiger partial charge in [0.25, 0.3) is 0 Å². The van der Waals surface area contributed by atoms with E-state index in [9.17, 15) is 0 Å². The Hall–Kier alpha value is -10.2. The first kappa shape index (κ1) is 42.7. The summed E-state index contributed by atoms with van der Waals surface area (Å²) >= 11 is 0. The summed E-state index contributed by atoms with van der Waals surface area (Å²) in [4.78, 5) is 7.17. The van der Waals surface area contributed by atoms with Crippen LogP contribution in [0.3, 0.4) is 0 Å². The Labute approximate surface area is 425 Å². The Morgan fingerprint density at radius 2 is 0.865 bits per heavy atom. The zero-order chi connectivity index (χ0) is 49.0. The van der Waals surface area contributed by atoms with Crippen molar-refractivity contribution in [2.45, 2.75) is 0 Å². The van der Waals surface area contributed by atoms with Gasteiger partial charge in [-0.15, -0.1) is 10.2 Å². The van der Waals surface area contributed by atoms with Gasteiger partial charge in [-0.1, -0.05) is 152 Å². The van der Waals surface area contributed by atoms with Crippen molar-refractivity contribution in [2.24, 2.45) is 0 Å². The predicted octanol–water partition coefficient (Wildman–Crippen LogP) is 16.5. The SMILES string of the molecule is c1ccc(-c2nnc(-c3cccc(-c4c5ccccc5c(-c5cccc(-c6nc[n+](-c7ccccc7)o6)c5)c5c(N(c6ccccc6)c6ccc(-n7c8ccccc8c8ccccc87)cc6)cccc45)c3)o2)cc1. The first-order chi connectivity index (χ1) is 36.7. The number of benzene rings is 11. The lowest BCUT2D eigenvalue weighted by atomic mass is 9.84. The smallest absolute Gasteiger partial charge is 0.384 e. The maximum absolute atomic E-state index is 6.41. The lowest BCUT2D eigenvalue weighted by Crippen LogP contribution is -2.26. The number of fused-ring (bicyclic) bond motifs is 5. The van der Waals surface area contributed by atoms with Gasteiger partial charge in [-0.3, -0.25) is 0 Å². The number of hydrogen-bond donors (Lipinski definition) is 0. The zero-order valence-electron chi connectivity index (χ0n) is 39.8. The third-order valence-electron chi connectivity index (χ3n) is 13.9. The maximum Gasteiger partial charge on any atom is 0.384 e. The van der Waals surface area contributed by atoms with E-state index < -0.39 is 0 Å². The normalized spacial score (nSPS) is 11.5. The third-order valence-corrected chi connectivity index (χ3v) is 13.9. The van der Waals surface area contributed by atoms with Crippen molar-refractivity contribution in [2.75, 3.05) is 4.90 Å². The molecule has 14 aromatic rings. The molecular weight excluding hydrogens is 909 g/mol. The molecule has 0 N–H and O–H groups in total. The highest BCUT2D eigenvalue weighted by Gasteiger charge is 2.26. The van der Waals surface area contributed by atoms with Crippen molar-refractivity contribution in [3.05, 3.63) is 261 Å². The van der Waals surface area contributed by atoms with E-state index in [0.29, 0.717) is 17.7 Å². The standard InChI is InChI=1S/C66H43N6O2/c1-4-19-44(20-5-1)65-68-69-66(73-65)48-24-16-21-45(41-48)61-55-31-10-11-32-56(55)62(46-22-17-23-47(42-46)64-67-43-70(74-64)49-25-6-2-7-26-49)63-57(61)33-18-36-60(63)71(50-27-8-3-9-28-50)51-37-39-52(40-38-51)72-58-34-14-12-29-53(58)54-30-13-15-35-59(54)72/h1-43H/q+1. The van der Waals surface area contributed by atoms with E-state index in [0.717, 1.165) is 88.9 Å². The highest BCUT2D eigenvalue weighted by atomic mass is 16.5. The number of hydrogen-bond acceptors (Lipinski definition) is 6. The molecule has 0 unspecified atom stereocenters. The molecule has 0 saturated heterocycles. The molecule has 0 saturated carbocycles. The van der Waals surface area contributed by atoms with Crippen LogP contribution in [0.25, 0.3) is 111 Å². The molecule has 0 bridgehead atoms. The first-order valence-electron chi connectivity index (χ1n) is 24.7. The van der Waals surface area contributed by atoms with Gasteiger partial charge in [-0.25, -0.2) is 4.52 Å². The van der Waals surface area contributed by atoms with E-state index >= 15 is 0 Å². The third kappa shape index (κ3) is 7.31. The molecule has 0 spiro atoms. The highest BCUT2D eigenvalue weighted by Crippen LogP contribution is 2.50. The summed E-state index contributed by atoms with van der Waals surface area (Å²) in [5.41, 5.74) is 14.1. The molecule has 8 heteroatoms. The Balaban J connectivity index is 1.00. The number of nitrogens with zero attached hydrogens (tertiary/aromatic N) is 6. The second-order valence-electron chi connectivity index (χ2n) is 18.3. The Kier molecular flexibility index (Phi) is 10.3. The van der Waals surface area contributed by atoms with Crippen LogP contribution in [0.5, 0.6) is 0 Å². The van der Waals surface area contributed by atoms with Crippen LogP contribution >= 0.6 is 0 Å². The second-order valence-corrected chi connectivity index (χ2v) is 18.3. The van der Waals surface area contributed by atoms with Crippen LogP contribution < -0.4 is 9.64 Å². The van der Waals surface area contributed by atoms with Crippen molar-refractivity contribution in [1.29, 1.82) is 0 Å². The maximum atomic E-state index is 6.41. The average Bonchev–Trinajstić information content (AvgIpc) is 4.26. The minimum atomic E-state index is 0.452. The second kappa shape index (κ2) is 17.9. The largest absolute Gasteiger partial charge is 0.416 e. The van der Waals surface area contributed by atoms with Crippen LogP contribution in [0.15, 0.2) is 270 Å². The van der Waals surface area contributed by atoms with Gasteiger partial charge in [0.15, 0.2) is 5.69 Å². The van der Waals surface area contributed by atoms with Crippen molar-refractivity contribution in [3.8, 4) is 68.0 Å². The summed E-state index contributed by atoms with van der Waals surface area (Å²) in [6, 6.07) is 89.2. The molecule has 0 atom stereocenters. The summed E-state index contributed by atoms with van der Waals surface area (Å²) in [7, 11) is 0. The first-order valence-corrected chi connectivity index (χ1v) is 24.7. The molecule has 3 aromatic heterocycles. The molecule has 8 nitrogen and oxygen atoms in total. The van der Waals surface area contributed by atoms with Crippen LogP contribution in [0, 0.1) is 0 Å². The van der Waals surface area contributed by atoms with Crippen LogP contribution in [0.2, 0.25) is 0 Å². The number of rotatable bonds is 10.